The fourth-order valence-corrected chi connectivity index (χ4v) is 2.25. The number of hydrogen-bond donors (Lipinski definition) is 1. The molecule has 2 aromatic rings. The van der Waals surface area contributed by atoms with Gasteiger partial charge < -0.3 is 10.2 Å². The largest absolute Gasteiger partial charge is 0.350 e. The average Bonchev–Trinajstić information content (AvgIpc) is 2.54. The van der Waals surface area contributed by atoms with Crippen LogP contribution in [0, 0.1) is 6.92 Å². The van der Waals surface area contributed by atoms with Crippen LogP contribution < -0.4 is 5.32 Å². The fraction of sp³-hybridized carbons (Fsp3) is 0.278. The summed E-state index contributed by atoms with van der Waals surface area (Å²) in [6.07, 6.45) is 3.44. The molecule has 2 amide bonds. The van der Waals surface area contributed by atoms with E-state index in [0.29, 0.717) is 25.2 Å². The zero-order valence-corrected chi connectivity index (χ0v) is 13.5. The first-order chi connectivity index (χ1) is 11.1. The van der Waals surface area contributed by atoms with Gasteiger partial charge in [-0.05, 0) is 30.7 Å². The van der Waals surface area contributed by atoms with Gasteiger partial charge in [0.1, 0.15) is 0 Å². The number of nitrogens with one attached hydrogen (secondary N) is 1. The highest BCUT2D eigenvalue weighted by Crippen LogP contribution is 2.05. The SMILES string of the molecule is CC(=O)N(CCNC(=O)c1cccc(C)c1)Cc1cccnc1. The summed E-state index contributed by atoms with van der Waals surface area (Å²) >= 11 is 0. The summed E-state index contributed by atoms with van der Waals surface area (Å²) in [7, 11) is 0. The number of aryl methyl sites for hydroxylation is 1. The Labute approximate surface area is 136 Å². The van der Waals surface area contributed by atoms with Crippen LogP contribution in [0.15, 0.2) is 48.8 Å². The Bertz CT molecular complexity index is 671. The topological polar surface area (TPSA) is 62.3 Å². The number of nitrogens with zero attached hydrogens (tertiary/aromatic N) is 2. The van der Waals surface area contributed by atoms with Crippen molar-refractivity contribution in [1.82, 2.24) is 15.2 Å². The summed E-state index contributed by atoms with van der Waals surface area (Å²) in [5, 5.41) is 2.85. The van der Waals surface area contributed by atoms with Crippen LogP contribution in [0.4, 0.5) is 0 Å². The van der Waals surface area contributed by atoms with Gasteiger partial charge in [-0.25, -0.2) is 0 Å². The number of benzene rings is 1. The number of hydrogen-bond acceptors (Lipinski definition) is 3. The van der Waals surface area contributed by atoms with Crippen molar-refractivity contribution in [2.24, 2.45) is 0 Å². The minimum absolute atomic E-state index is 0.0290. The number of rotatable bonds is 6. The zero-order chi connectivity index (χ0) is 16.7. The molecule has 0 aliphatic heterocycles. The first-order valence-corrected chi connectivity index (χ1v) is 7.55. The molecule has 0 fully saturated rings. The first kappa shape index (κ1) is 16.7. The monoisotopic (exact) mass is 311 g/mol. The zero-order valence-electron chi connectivity index (χ0n) is 13.5. The Hall–Kier alpha value is -2.69. The normalized spacial score (nSPS) is 10.2. The molecule has 0 saturated carbocycles. The molecule has 1 aromatic heterocycles. The molecular weight excluding hydrogens is 290 g/mol. The van der Waals surface area contributed by atoms with E-state index in [-0.39, 0.29) is 11.8 Å². The van der Waals surface area contributed by atoms with Gasteiger partial charge in [0, 0.05) is 44.5 Å². The standard InChI is InChI=1S/C18H21N3O2/c1-14-5-3-7-17(11-14)18(23)20-9-10-21(15(2)22)13-16-6-4-8-19-12-16/h3-8,11-12H,9-10,13H2,1-2H3,(H,20,23). The second-order valence-corrected chi connectivity index (χ2v) is 5.43. The third-order valence-corrected chi connectivity index (χ3v) is 3.49. The van der Waals surface area contributed by atoms with Gasteiger partial charge in [-0.1, -0.05) is 23.8 Å². The van der Waals surface area contributed by atoms with Crippen LogP contribution in [0.1, 0.15) is 28.4 Å². The van der Waals surface area contributed by atoms with Crippen LogP contribution in [0.25, 0.3) is 0 Å². The minimum Gasteiger partial charge on any atom is -0.350 e. The lowest BCUT2D eigenvalue weighted by Gasteiger charge is -2.21. The molecule has 5 nitrogen and oxygen atoms in total. The Balaban J connectivity index is 1.87. The number of carbonyl (C=O) groups excluding carboxylic acids is 2. The lowest BCUT2D eigenvalue weighted by Crippen LogP contribution is -2.37. The van der Waals surface area contributed by atoms with E-state index in [4.69, 9.17) is 0 Å². The van der Waals surface area contributed by atoms with E-state index in [1.807, 2.05) is 37.3 Å². The molecule has 23 heavy (non-hydrogen) atoms. The van der Waals surface area contributed by atoms with Crippen molar-refractivity contribution >= 4 is 11.8 Å². The summed E-state index contributed by atoms with van der Waals surface area (Å²) in [4.78, 5) is 29.5. The molecule has 2 rings (SSSR count). The van der Waals surface area contributed by atoms with Crippen molar-refractivity contribution in [1.29, 1.82) is 0 Å². The molecule has 0 aliphatic rings. The van der Waals surface area contributed by atoms with Gasteiger partial charge in [0.25, 0.3) is 5.91 Å². The summed E-state index contributed by atoms with van der Waals surface area (Å²) in [6, 6.07) is 11.2. The van der Waals surface area contributed by atoms with Crippen molar-refractivity contribution < 1.29 is 9.59 Å². The van der Waals surface area contributed by atoms with E-state index in [0.717, 1.165) is 11.1 Å². The molecule has 1 heterocycles. The van der Waals surface area contributed by atoms with Gasteiger partial charge in [-0.2, -0.15) is 0 Å². The number of amides is 2. The van der Waals surface area contributed by atoms with Crippen LogP contribution in [0.2, 0.25) is 0 Å². The number of aromatic nitrogens is 1. The third kappa shape index (κ3) is 5.21. The number of carbonyl (C=O) groups is 2. The predicted octanol–water partition coefficient (Wildman–Crippen LogP) is 2.17. The highest BCUT2D eigenvalue weighted by molar-refractivity contribution is 5.94. The van der Waals surface area contributed by atoms with Gasteiger partial charge in [0.15, 0.2) is 0 Å². The second-order valence-electron chi connectivity index (χ2n) is 5.43. The molecule has 0 unspecified atom stereocenters. The minimum atomic E-state index is -0.126. The highest BCUT2D eigenvalue weighted by Gasteiger charge is 2.11. The van der Waals surface area contributed by atoms with Crippen molar-refractivity contribution in [3.63, 3.8) is 0 Å². The van der Waals surface area contributed by atoms with Gasteiger partial charge in [0.2, 0.25) is 5.91 Å². The van der Waals surface area contributed by atoms with Crippen LogP contribution in [0.5, 0.6) is 0 Å². The van der Waals surface area contributed by atoms with Crippen LogP contribution in [-0.4, -0.2) is 34.8 Å². The molecule has 0 aliphatic carbocycles. The Morgan fingerprint density at radius 2 is 2.04 bits per heavy atom. The Kier molecular flexibility index (Phi) is 5.86. The van der Waals surface area contributed by atoms with E-state index in [9.17, 15) is 9.59 Å². The summed E-state index contributed by atoms with van der Waals surface area (Å²) in [5.74, 6) is -0.155. The van der Waals surface area contributed by atoms with Crippen molar-refractivity contribution in [2.75, 3.05) is 13.1 Å². The van der Waals surface area contributed by atoms with E-state index < -0.39 is 0 Å². The van der Waals surface area contributed by atoms with Gasteiger partial charge in [-0.3, -0.25) is 14.6 Å². The second kappa shape index (κ2) is 8.08. The highest BCUT2D eigenvalue weighted by atomic mass is 16.2. The van der Waals surface area contributed by atoms with Crippen molar-refractivity contribution in [2.45, 2.75) is 20.4 Å². The van der Waals surface area contributed by atoms with E-state index in [2.05, 4.69) is 10.3 Å². The van der Waals surface area contributed by atoms with E-state index in [1.165, 1.54) is 6.92 Å². The van der Waals surface area contributed by atoms with Gasteiger partial charge >= 0.3 is 0 Å². The van der Waals surface area contributed by atoms with Crippen LogP contribution >= 0.6 is 0 Å². The van der Waals surface area contributed by atoms with Crippen molar-refractivity contribution in [3.8, 4) is 0 Å². The summed E-state index contributed by atoms with van der Waals surface area (Å²) in [6.45, 7) is 4.83. The molecule has 0 saturated heterocycles. The van der Waals surface area contributed by atoms with Crippen LogP contribution in [0.3, 0.4) is 0 Å². The Morgan fingerprint density at radius 1 is 1.22 bits per heavy atom. The molecule has 1 N–H and O–H groups in total. The fourth-order valence-electron chi connectivity index (χ4n) is 2.25. The predicted molar refractivity (Wildman–Crippen MR) is 88.8 cm³/mol. The van der Waals surface area contributed by atoms with Gasteiger partial charge in [-0.15, -0.1) is 0 Å². The smallest absolute Gasteiger partial charge is 0.251 e. The van der Waals surface area contributed by atoms with E-state index >= 15 is 0 Å². The van der Waals surface area contributed by atoms with Crippen LogP contribution in [-0.2, 0) is 11.3 Å². The quantitative estimate of drug-likeness (QED) is 0.889. The molecule has 5 heteroatoms. The third-order valence-electron chi connectivity index (χ3n) is 3.49. The van der Waals surface area contributed by atoms with Crippen molar-refractivity contribution in [3.05, 3.63) is 65.5 Å². The molecular formula is C18H21N3O2. The van der Waals surface area contributed by atoms with Gasteiger partial charge in [0.05, 0.1) is 0 Å². The molecule has 0 atom stereocenters. The average molecular weight is 311 g/mol. The maximum Gasteiger partial charge on any atom is 0.251 e. The summed E-state index contributed by atoms with van der Waals surface area (Å²) < 4.78 is 0. The molecule has 0 radical (unpaired) electrons. The maximum absolute atomic E-state index is 12.1. The molecule has 120 valence electrons. The summed E-state index contributed by atoms with van der Waals surface area (Å²) in [5.41, 5.74) is 2.64. The maximum atomic E-state index is 12.1. The van der Waals surface area contributed by atoms with E-state index in [1.54, 1.807) is 23.4 Å². The number of pyridine rings is 1. The molecule has 1 aromatic carbocycles. The molecule has 0 spiro atoms. The Morgan fingerprint density at radius 3 is 2.70 bits per heavy atom. The first-order valence-electron chi connectivity index (χ1n) is 7.55. The lowest BCUT2D eigenvalue weighted by molar-refractivity contribution is -0.129. The molecule has 0 bridgehead atoms. The lowest BCUT2D eigenvalue weighted by atomic mass is 10.1.